The lowest BCUT2D eigenvalue weighted by Crippen LogP contribution is -2.45. The molecule has 2 amide bonds. The number of amides is 2. The monoisotopic (exact) mass is 580 g/mol. The van der Waals surface area contributed by atoms with Crippen molar-refractivity contribution in [3.05, 3.63) is 51.8 Å². The first-order valence-corrected chi connectivity index (χ1v) is 12.7. The summed E-state index contributed by atoms with van der Waals surface area (Å²) in [5.74, 6) is -2.23. The predicted molar refractivity (Wildman–Crippen MR) is 129 cm³/mol. The van der Waals surface area contributed by atoms with E-state index in [2.05, 4.69) is 15.7 Å². The Kier molecular flexibility index (Phi) is 8.92. The van der Waals surface area contributed by atoms with Crippen LogP contribution in [0.2, 0.25) is 0 Å². The topological polar surface area (TPSA) is 101 Å². The van der Waals surface area contributed by atoms with E-state index < -0.39 is 53.8 Å². The summed E-state index contributed by atoms with van der Waals surface area (Å²) < 4.78 is 81.2. The average Bonchev–Trinajstić information content (AvgIpc) is 3.20. The van der Waals surface area contributed by atoms with Crippen LogP contribution in [0.15, 0.2) is 40.6 Å². The molecule has 0 spiro atoms. The third-order valence-corrected chi connectivity index (χ3v) is 6.46. The minimum atomic E-state index is -4.65. The zero-order chi connectivity index (χ0) is 29.2. The number of hydrogen-bond acceptors (Lipinski definition) is 7. The van der Waals surface area contributed by atoms with Gasteiger partial charge in [-0.2, -0.15) is 26.3 Å². The summed E-state index contributed by atoms with van der Waals surface area (Å²) in [5, 5.41) is 3.62. The number of rotatable bonds is 7. The first-order valence-electron chi connectivity index (χ1n) is 11.7. The fourth-order valence-corrected chi connectivity index (χ4v) is 4.86. The van der Waals surface area contributed by atoms with Crippen LogP contribution in [-0.4, -0.2) is 52.0 Å². The van der Waals surface area contributed by atoms with Gasteiger partial charge < -0.3 is 10.1 Å². The summed E-state index contributed by atoms with van der Waals surface area (Å²) >= 11 is 1.06. The number of halogens is 6. The Labute approximate surface area is 224 Å². The van der Waals surface area contributed by atoms with Crippen LogP contribution in [-0.2, 0) is 26.9 Å². The molecular formula is C24H26F6N4O4S. The van der Waals surface area contributed by atoms with Crippen LogP contribution in [0.5, 0.6) is 0 Å². The highest BCUT2D eigenvalue weighted by molar-refractivity contribution is 8.03. The fraction of sp³-hybridized carbons (Fsp3) is 0.500. The van der Waals surface area contributed by atoms with Gasteiger partial charge >= 0.3 is 18.4 Å². The molecule has 214 valence electrons. The lowest BCUT2D eigenvalue weighted by Gasteiger charge is -2.28. The number of nitrogens with one attached hydrogen (secondary N) is 2. The Morgan fingerprint density at radius 3 is 2.41 bits per heavy atom. The number of thioether (sulfide) groups is 1. The van der Waals surface area contributed by atoms with Crippen molar-refractivity contribution in [1.29, 1.82) is 0 Å². The van der Waals surface area contributed by atoms with Crippen molar-refractivity contribution in [1.82, 2.24) is 20.7 Å². The normalized spacial score (nSPS) is 18.1. The molecule has 15 heteroatoms. The molecule has 1 aliphatic carbocycles. The lowest BCUT2D eigenvalue weighted by atomic mass is 9.87. The van der Waals surface area contributed by atoms with Gasteiger partial charge in [0.05, 0.1) is 16.4 Å². The highest BCUT2D eigenvalue weighted by Gasteiger charge is 2.41. The Balaban J connectivity index is 1.86. The average molecular weight is 581 g/mol. The molecule has 0 saturated carbocycles. The maximum atomic E-state index is 13.4. The molecule has 2 aliphatic rings. The Bertz CT molecular complexity index is 1170. The van der Waals surface area contributed by atoms with E-state index in [1.807, 2.05) is 0 Å². The summed E-state index contributed by atoms with van der Waals surface area (Å²) in [5.41, 5.74) is 0.766. The van der Waals surface area contributed by atoms with E-state index in [0.717, 1.165) is 30.1 Å². The van der Waals surface area contributed by atoms with E-state index in [1.54, 1.807) is 20.8 Å². The fourth-order valence-electron chi connectivity index (χ4n) is 3.75. The Morgan fingerprint density at radius 1 is 1.15 bits per heavy atom. The van der Waals surface area contributed by atoms with Crippen LogP contribution >= 0.6 is 11.8 Å². The number of ether oxygens (including phenoxy) is 1. The number of hydrazine groups is 1. The summed E-state index contributed by atoms with van der Waals surface area (Å²) in [6.45, 7) is 4.64. The van der Waals surface area contributed by atoms with Gasteiger partial charge in [-0.15, -0.1) is 0 Å². The first-order chi connectivity index (χ1) is 17.9. The summed E-state index contributed by atoms with van der Waals surface area (Å²) in [7, 11) is 0. The molecule has 39 heavy (non-hydrogen) atoms. The standard InChI is InChI=1S/C24H26F6N4O4S/c1-22(2,3)38-21(37)33-34-12-39-19-15(20(36)31-8-4-7-23(25,26)27)10-14(18(35)17(19)34)9-13-5-6-16(32-11-13)24(28,29)30/h5-6,10-11,14H,4,7-9,12H2,1-3H3,(H,31,36)(H,33,37). The van der Waals surface area contributed by atoms with Crippen molar-refractivity contribution in [2.75, 3.05) is 12.4 Å². The maximum Gasteiger partial charge on any atom is 0.433 e. The molecule has 1 aliphatic heterocycles. The number of allylic oxidation sites excluding steroid dienone is 2. The second-order valence-electron chi connectivity index (χ2n) is 9.77. The van der Waals surface area contributed by atoms with Crippen LogP contribution < -0.4 is 10.7 Å². The highest BCUT2D eigenvalue weighted by atomic mass is 32.2. The number of aromatic nitrogens is 1. The van der Waals surface area contributed by atoms with Crippen LogP contribution in [0.3, 0.4) is 0 Å². The number of hydrogen-bond donors (Lipinski definition) is 2. The van der Waals surface area contributed by atoms with Gasteiger partial charge in [-0.1, -0.05) is 23.9 Å². The zero-order valence-corrected chi connectivity index (χ0v) is 21.9. The van der Waals surface area contributed by atoms with Crippen molar-refractivity contribution >= 4 is 29.5 Å². The Morgan fingerprint density at radius 2 is 1.85 bits per heavy atom. The van der Waals surface area contributed by atoms with E-state index in [9.17, 15) is 40.7 Å². The molecule has 0 radical (unpaired) electrons. The summed E-state index contributed by atoms with van der Waals surface area (Å²) in [6, 6.07) is 1.94. The number of alkyl halides is 6. The number of pyridine rings is 1. The van der Waals surface area contributed by atoms with Gasteiger partial charge in [0.2, 0.25) is 0 Å². The van der Waals surface area contributed by atoms with Crippen LogP contribution in [0.25, 0.3) is 0 Å². The summed E-state index contributed by atoms with van der Waals surface area (Å²) in [4.78, 5) is 42.4. The van der Waals surface area contributed by atoms with Crippen LogP contribution in [0.4, 0.5) is 31.1 Å². The molecule has 3 rings (SSSR count). The molecular weight excluding hydrogens is 554 g/mol. The lowest BCUT2D eigenvalue weighted by molar-refractivity contribution is -0.141. The van der Waals surface area contributed by atoms with Gasteiger partial charge in [0.25, 0.3) is 5.91 Å². The van der Waals surface area contributed by atoms with Crippen molar-refractivity contribution in [2.45, 2.75) is 58.0 Å². The number of carbonyl (C=O) groups excluding carboxylic acids is 3. The van der Waals surface area contributed by atoms with Gasteiger partial charge in [-0.05, 0) is 45.2 Å². The zero-order valence-electron chi connectivity index (χ0n) is 21.1. The smallest absolute Gasteiger partial charge is 0.433 e. The largest absolute Gasteiger partial charge is 0.443 e. The van der Waals surface area contributed by atoms with Crippen molar-refractivity contribution in [3.8, 4) is 0 Å². The van der Waals surface area contributed by atoms with Crippen LogP contribution in [0.1, 0.15) is 44.9 Å². The number of nitrogens with zero attached hydrogens (tertiary/aromatic N) is 2. The quantitative estimate of drug-likeness (QED) is 0.350. The van der Waals surface area contributed by atoms with E-state index in [1.165, 1.54) is 11.1 Å². The highest BCUT2D eigenvalue weighted by Crippen LogP contribution is 2.42. The summed E-state index contributed by atoms with van der Waals surface area (Å²) in [6.07, 6.45) is -9.14. The molecule has 0 aromatic carbocycles. The molecule has 0 saturated heterocycles. The number of Topliss-reactive ketones (excluding diaryl/α,β-unsaturated/α-hetero) is 1. The minimum Gasteiger partial charge on any atom is -0.443 e. The minimum absolute atomic E-state index is 0.0139. The maximum absolute atomic E-state index is 13.4. The molecule has 1 aromatic heterocycles. The van der Waals surface area contributed by atoms with Gasteiger partial charge in [0.1, 0.15) is 17.0 Å². The van der Waals surface area contributed by atoms with Crippen LogP contribution in [0, 0.1) is 5.92 Å². The Hall–Kier alpha value is -3.23. The van der Waals surface area contributed by atoms with Gasteiger partial charge in [0, 0.05) is 25.1 Å². The third-order valence-electron chi connectivity index (χ3n) is 5.37. The molecule has 2 heterocycles. The second kappa shape index (κ2) is 11.5. The van der Waals surface area contributed by atoms with Crippen molar-refractivity contribution in [2.24, 2.45) is 5.92 Å². The van der Waals surface area contributed by atoms with E-state index in [0.29, 0.717) is 0 Å². The number of carbonyl (C=O) groups is 3. The van der Waals surface area contributed by atoms with Crippen molar-refractivity contribution in [3.63, 3.8) is 0 Å². The molecule has 2 N–H and O–H groups in total. The molecule has 1 aromatic rings. The first kappa shape index (κ1) is 30.3. The predicted octanol–water partition coefficient (Wildman–Crippen LogP) is 4.88. The van der Waals surface area contributed by atoms with E-state index >= 15 is 0 Å². The third kappa shape index (κ3) is 8.38. The molecule has 0 bridgehead atoms. The van der Waals surface area contributed by atoms with Gasteiger partial charge in [-0.25, -0.2) is 10.2 Å². The SMILES string of the molecule is CC(C)(C)OC(=O)NN1CSC2=C1C(=O)C(Cc1ccc(C(F)(F)F)nc1)C=C2C(=O)NCCCC(F)(F)F. The van der Waals surface area contributed by atoms with E-state index in [-0.39, 0.29) is 47.0 Å². The van der Waals surface area contributed by atoms with E-state index in [4.69, 9.17) is 4.74 Å². The molecule has 1 atom stereocenters. The molecule has 1 unspecified atom stereocenters. The molecule has 8 nitrogen and oxygen atoms in total. The van der Waals surface area contributed by atoms with Gasteiger partial charge in [-0.3, -0.25) is 19.6 Å². The second-order valence-corrected chi connectivity index (χ2v) is 10.7. The number of ketones is 1. The van der Waals surface area contributed by atoms with Crippen molar-refractivity contribution < 1.29 is 45.5 Å². The molecule has 0 fully saturated rings. The van der Waals surface area contributed by atoms with Gasteiger partial charge in [0.15, 0.2) is 5.78 Å².